The first-order chi connectivity index (χ1) is 12.6. The van der Waals surface area contributed by atoms with Gasteiger partial charge in [0.05, 0.1) is 14.6 Å². The fraction of sp³-hybridized carbons (Fsp3) is 0.176. The van der Waals surface area contributed by atoms with Crippen molar-refractivity contribution in [1.82, 2.24) is 5.48 Å². The lowest BCUT2D eigenvalue weighted by Gasteiger charge is -2.29. The van der Waals surface area contributed by atoms with E-state index in [0.717, 1.165) is 18.2 Å². The van der Waals surface area contributed by atoms with Crippen LogP contribution in [0.2, 0.25) is 5.02 Å². The van der Waals surface area contributed by atoms with Crippen LogP contribution in [0.4, 0.5) is 17.6 Å². The number of rotatable bonds is 3. The minimum atomic E-state index is -4.82. The molecule has 27 heavy (non-hydrogen) atoms. The van der Waals surface area contributed by atoms with Crippen molar-refractivity contribution in [3.05, 3.63) is 72.9 Å². The van der Waals surface area contributed by atoms with Gasteiger partial charge >= 0.3 is 6.18 Å². The van der Waals surface area contributed by atoms with Crippen LogP contribution in [0.25, 0.3) is 5.70 Å². The zero-order valence-corrected chi connectivity index (χ0v) is 17.2. The van der Waals surface area contributed by atoms with Crippen molar-refractivity contribution in [1.29, 1.82) is 0 Å². The Balaban J connectivity index is 2.14. The Bertz CT molecular complexity index is 913. The van der Waals surface area contributed by atoms with Crippen molar-refractivity contribution in [3.63, 3.8) is 0 Å². The van der Waals surface area contributed by atoms with Gasteiger partial charge in [0.15, 0.2) is 5.82 Å². The summed E-state index contributed by atoms with van der Waals surface area (Å²) in [5, 5.41) is 0.328. The third-order valence-electron chi connectivity index (χ3n) is 4.09. The first kappa shape index (κ1) is 20.6. The van der Waals surface area contributed by atoms with E-state index in [9.17, 15) is 17.6 Å². The SMILES string of the molecule is NCc1ccc(C2=CC(c3cc(Br)c(F)c(Br)c3)(C(F)(F)F)ON2)cc1Cl. The molecular formula is C17H11Br2ClF4N2O. The van der Waals surface area contributed by atoms with E-state index < -0.39 is 17.6 Å². The van der Waals surface area contributed by atoms with Crippen molar-refractivity contribution < 1.29 is 22.4 Å². The van der Waals surface area contributed by atoms with Crippen LogP contribution < -0.4 is 11.2 Å². The minimum absolute atomic E-state index is 0.0781. The Morgan fingerprint density at radius 3 is 2.30 bits per heavy atom. The van der Waals surface area contributed by atoms with Gasteiger partial charge in [-0.25, -0.2) is 4.39 Å². The van der Waals surface area contributed by atoms with Crippen molar-refractivity contribution in [2.45, 2.75) is 18.3 Å². The number of alkyl halides is 3. The second-order valence-electron chi connectivity index (χ2n) is 5.76. The predicted octanol–water partition coefficient (Wildman–Crippen LogP) is 5.80. The molecule has 1 heterocycles. The molecule has 10 heteroatoms. The molecule has 3 nitrogen and oxygen atoms in total. The fourth-order valence-corrected chi connectivity index (χ4v) is 4.08. The maximum absolute atomic E-state index is 14.0. The van der Waals surface area contributed by atoms with Gasteiger partial charge in [-0.3, -0.25) is 10.3 Å². The van der Waals surface area contributed by atoms with Gasteiger partial charge in [0.25, 0.3) is 0 Å². The maximum atomic E-state index is 14.0. The van der Waals surface area contributed by atoms with E-state index in [-0.39, 0.29) is 26.8 Å². The van der Waals surface area contributed by atoms with Gasteiger partial charge in [0.2, 0.25) is 5.60 Å². The fourth-order valence-electron chi connectivity index (χ4n) is 2.64. The van der Waals surface area contributed by atoms with Gasteiger partial charge in [-0.1, -0.05) is 23.7 Å². The highest BCUT2D eigenvalue weighted by atomic mass is 79.9. The predicted molar refractivity (Wildman–Crippen MR) is 101 cm³/mol. The summed E-state index contributed by atoms with van der Waals surface area (Å²) in [6.45, 7) is 0.201. The second kappa shape index (κ2) is 7.36. The van der Waals surface area contributed by atoms with Crippen molar-refractivity contribution in [3.8, 4) is 0 Å². The summed E-state index contributed by atoms with van der Waals surface area (Å²) in [6, 6.07) is 6.76. The molecule has 1 atom stereocenters. The minimum Gasteiger partial charge on any atom is -0.326 e. The molecule has 0 aliphatic carbocycles. The van der Waals surface area contributed by atoms with Gasteiger partial charge < -0.3 is 5.73 Å². The van der Waals surface area contributed by atoms with Crippen LogP contribution in [0, 0.1) is 5.82 Å². The number of hydrogen-bond donors (Lipinski definition) is 2. The van der Waals surface area contributed by atoms with Crippen LogP contribution in [0.15, 0.2) is 45.4 Å². The van der Waals surface area contributed by atoms with Crippen LogP contribution >= 0.6 is 43.5 Å². The summed E-state index contributed by atoms with van der Waals surface area (Å²) < 4.78 is 55.5. The van der Waals surface area contributed by atoms with Gasteiger partial charge in [-0.15, -0.1) is 0 Å². The normalized spacial score (nSPS) is 19.8. The number of nitrogens with one attached hydrogen (secondary N) is 1. The molecule has 3 N–H and O–H groups in total. The number of hydroxylamine groups is 1. The van der Waals surface area contributed by atoms with Crippen molar-refractivity contribution in [2.24, 2.45) is 5.73 Å². The molecule has 1 aliphatic rings. The molecule has 0 amide bonds. The van der Waals surface area contributed by atoms with Crippen LogP contribution in [0.3, 0.4) is 0 Å². The summed E-state index contributed by atoms with van der Waals surface area (Å²) in [6.07, 6.45) is -3.92. The average molecular weight is 531 g/mol. The van der Waals surface area contributed by atoms with Gasteiger partial charge in [-0.2, -0.15) is 13.2 Å². The lowest BCUT2D eigenvalue weighted by molar-refractivity contribution is -0.269. The van der Waals surface area contributed by atoms with Crippen LogP contribution in [-0.2, 0) is 17.0 Å². The van der Waals surface area contributed by atoms with E-state index in [2.05, 4.69) is 37.3 Å². The first-order valence-electron chi connectivity index (χ1n) is 7.46. The molecule has 1 aliphatic heterocycles. The average Bonchev–Trinajstić information content (AvgIpc) is 3.06. The molecule has 0 aromatic heterocycles. The molecular weight excluding hydrogens is 519 g/mol. The summed E-state index contributed by atoms with van der Waals surface area (Å²) in [7, 11) is 0. The molecule has 0 bridgehead atoms. The Morgan fingerprint density at radius 2 is 1.78 bits per heavy atom. The van der Waals surface area contributed by atoms with E-state index in [4.69, 9.17) is 22.2 Å². The summed E-state index contributed by atoms with van der Waals surface area (Å²) in [5.41, 5.74) is 5.88. The van der Waals surface area contributed by atoms with E-state index in [0.29, 0.717) is 16.1 Å². The standard InChI is InChI=1S/C17H11Br2ClF4N2O/c18-11-4-10(5-12(19)15(11)21)16(17(22,23)24)6-14(26-27-16)8-1-2-9(7-25)13(20)3-8/h1-6,26H,7,25H2. The van der Waals surface area contributed by atoms with E-state index in [1.807, 2.05) is 0 Å². The number of hydrogen-bond acceptors (Lipinski definition) is 3. The monoisotopic (exact) mass is 528 g/mol. The Hall–Kier alpha value is -1.13. The molecule has 0 spiro atoms. The Kier molecular flexibility index (Phi) is 5.62. The topological polar surface area (TPSA) is 47.3 Å². The van der Waals surface area contributed by atoms with E-state index >= 15 is 0 Å². The maximum Gasteiger partial charge on any atom is 0.428 e. The molecule has 1 unspecified atom stereocenters. The largest absolute Gasteiger partial charge is 0.428 e. The Morgan fingerprint density at radius 1 is 1.15 bits per heavy atom. The molecule has 2 aromatic carbocycles. The van der Waals surface area contributed by atoms with Crippen LogP contribution in [0.1, 0.15) is 16.7 Å². The molecule has 3 rings (SSSR count). The number of benzene rings is 2. The molecule has 2 aromatic rings. The van der Waals surface area contributed by atoms with Crippen LogP contribution in [-0.4, -0.2) is 6.18 Å². The summed E-state index contributed by atoms with van der Waals surface area (Å²) in [5.74, 6) is -0.713. The van der Waals surface area contributed by atoms with Crippen LogP contribution in [0.5, 0.6) is 0 Å². The molecule has 0 saturated carbocycles. The van der Waals surface area contributed by atoms with Crippen molar-refractivity contribution >= 4 is 49.2 Å². The van der Waals surface area contributed by atoms with E-state index in [1.165, 1.54) is 6.07 Å². The summed E-state index contributed by atoms with van der Waals surface area (Å²) >= 11 is 11.9. The van der Waals surface area contributed by atoms with Gasteiger partial charge in [0.1, 0.15) is 0 Å². The lowest BCUT2D eigenvalue weighted by Crippen LogP contribution is -2.42. The highest BCUT2D eigenvalue weighted by molar-refractivity contribution is 9.11. The lowest BCUT2D eigenvalue weighted by atomic mass is 9.91. The third kappa shape index (κ3) is 3.63. The second-order valence-corrected chi connectivity index (χ2v) is 7.88. The number of nitrogens with two attached hydrogens (primary N) is 1. The quantitative estimate of drug-likeness (QED) is 0.390. The smallest absolute Gasteiger partial charge is 0.326 e. The van der Waals surface area contributed by atoms with E-state index in [1.54, 1.807) is 12.1 Å². The molecule has 0 radical (unpaired) electrons. The van der Waals surface area contributed by atoms with Gasteiger partial charge in [-0.05, 0) is 61.7 Å². The molecule has 0 fully saturated rings. The third-order valence-corrected chi connectivity index (χ3v) is 5.59. The Labute approximate surface area is 173 Å². The highest BCUT2D eigenvalue weighted by Crippen LogP contribution is 2.48. The zero-order valence-electron chi connectivity index (χ0n) is 13.3. The molecule has 144 valence electrons. The zero-order chi connectivity index (χ0) is 20.0. The first-order valence-corrected chi connectivity index (χ1v) is 9.43. The molecule has 0 saturated heterocycles. The summed E-state index contributed by atoms with van der Waals surface area (Å²) in [4.78, 5) is 5.00. The highest BCUT2D eigenvalue weighted by Gasteiger charge is 2.59. The van der Waals surface area contributed by atoms with Crippen molar-refractivity contribution in [2.75, 3.05) is 0 Å². The van der Waals surface area contributed by atoms with Gasteiger partial charge in [0, 0.05) is 22.7 Å². The number of halogens is 7.